The van der Waals surface area contributed by atoms with Gasteiger partial charge in [-0.1, -0.05) is 17.4 Å². The third-order valence-corrected chi connectivity index (χ3v) is 4.73. The molecule has 1 aromatic heterocycles. The molecule has 2 heterocycles. The van der Waals surface area contributed by atoms with Gasteiger partial charge in [0.25, 0.3) is 0 Å². The number of anilines is 1. The number of methoxy groups -OCH3 is 1. The van der Waals surface area contributed by atoms with Crippen LogP contribution in [0, 0.1) is 6.92 Å². The van der Waals surface area contributed by atoms with E-state index in [1.807, 2.05) is 19.1 Å². The molecule has 0 bridgehead atoms. The fourth-order valence-corrected chi connectivity index (χ4v) is 3.40. The fraction of sp³-hybridized carbons (Fsp3) is 0.333. The maximum atomic E-state index is 12.1. The van der Waals surface area contributed by atoms with Gasteiger partial charge in [0.05, 0.1) is 11.8 Å². The van der Waals surface area contributed by atoms with Gasteiger partial charge in [0.1, 0.15) is 17.8 Å². The molecule has 1 N–H and O–H groups in total. The van der Waals surface area contributed by atoms with E-state index >= 15 is 0 Å². The number of carbonyl (C=O) groups is 3. The Labute approximate surface area is 136 Å². The quantitative estimate of drug-likeness (QED) is 0.860. The van der Waals surface area contributed by atoms with Crippen molar-refractivity contribution < 1.29 is 19.1 Å². The van der Waals surface area contributed by atoms with Crippen molar-refractivity contribution in [1.82, 2.24) is 9.88 Å². The molecule has 120 valence electrons. The van der Waals surface area contributed by atoms with Gasteiger partial charge in [-0.2, -0.15) is 0 Å². The molecule has 0 atom stereocenters. The highest BCUT2D eigenvalue weighted by molar-refractivity contribution is 7.22. The van der Waals surface area contributed by atoms with Crippen LogP contribution in [0.1, 0.15) is 18.4 Å². The van der Waals surface area contributed by atoms with Crippen molar-refractivity contribution in [3.63, 3.8) is 0 Å². The van der Waals surface area contributed by atoms with Gasteiger partial charge in [-0.15, -0.1) is 0 Å². The van der Waals surface area contributed by atoms with Gasteiger partial charge >= 0.3 is 0 Å². The SMILES string of the molecule is COc1ccc(C)c2sc(NC(=O)CN3C(=O)CCC3=O)nc12. The van der Waals surface area contributed by atoms with Crippen LogP contribution in [-0.2, 0) is 14.4 Å². The van der Waals surface area contributed by atoms with E-state index in [4.69, 9.17) is 4.74 Å². The number of aromatic nitrogens is 1. The lowest BCUT2D eigenvalue weighted by Crippen LogP contribution is -2.36. The number of hydrogen-bond acceptors (Lipinski definition) is 6. The number of hydrogen-bond donors (Lipinski definition) is 1. The van der Waals surface area contributed by atoms with Crippen LogP contribution < -0.4 is 10.1 Å². The second kappa shape index (κ2) is 5.96. The van der Waals surface area contributed by atoms with Crippen molar-refractivity contribution in [1.29, 1.82) is 0 Å². The number of nitrogens with one attached hydrogen (secondary N) is 1. The zero-order valence-corrected chi connectivity index (χ0v) is 13.5. The largest absolute Gasteiger partial charge is 0.494 e. The first kappa shape index (κ1) is 15.4. The lowest BCUT2D eigenvalue weighted by atomic mass is 10.2. The normalized spacial score (nSPS) is 14.6. The first-order valence-corrected chi connectivity index (χ1v) is 7.88. The minimum absolute atomic E-state index is 0.170. The summed E-state index contributed by atoms with van der Waals surface area (Å²) in [6.07, 6.45) is 0.341. The van der Waals surface area contributed by atoms with E-state index in [1.54, 1.807) is 7.11 Å². The molecule has 0 aliphatic carbocycles. The van der Waals surface area contributed by atoms with Gasteiger partial charge in [0, 0.05) is 12.8 Å². The Bertz CT molecular complexity index is 798. The maximum absolute atomic E-state index is 12.1. The third kappa shape index (κ3) is 2.89. The monoisotopic (exact) mass is 333 g/mol. The Hall–Kier alpha value is -2.48. The lowest BCUT2D eigenvalue weighted by molar-refractivity contribution is -0.141. The minimum atomic E-state index is -0.440. The zero-order valence-electron chi connectivity index (χ0n) is 12.7. The average molecular weight is 333 g/mol. The number of fused-ring (bicyclic) bond motifs is 1. The van der Waals surface area contributed by atoms with Gasteiger partial charge in [-0.05, 0) is 18.6 Å². The van der Waals surface area contributed by atoms with Gasteiger partial charge in [0.2, 0.25) is 17.7 Å². The number of imide groups is 1. The summed E-state index contributed by atoms with van der Waals surface area (Å²) < 4.78 is 6.19. The average Bonchev–Trinajstić information content (AvgIpc) is 3.07. The van der Waals surface area contributed by atoms with E-state index < -0.39 is 5.91 Å². The summed E-state index contributed by atoms with van der Waals surface area (Å²) >= 11 is 1.33. The molecule has 1 saturated heterocycles. The number of ether oxygens (including phenoxy) is 1. The molecule has 0 spiro atoms. The number of thiazole rings is 1. The zero-order chi connectivity index (χ0) is 16.6. The molecule has 2 aromatic rings. The second-order valence-corrected chi connectivity index (χ2v) is 6.20. The molecule has 0 unspecified atom stereocenters. The van der Waals surface area contributed by atoms with E-state index in [1.165, 1.54) is 11.3 Å². The van der Waals surface area contributed by atoms with E-state index in [2.05, 4.69) is 10.3 Å². The standard InChI is InChI=1S/C15H15N3O4S/c1-8-3-4-9(22-2)13-14(8)23-15(17-13)16-10(19)7-18-11(20)5-6-12(18)21/h3-4H,5-7H2,1-2H3,(H,16,17,19). The van der Waals surface area contributed by atoms with Crippen LogP contribution in [0.3, 0.4) is 0 Å². The van der Waals surface area contributed by atoms with Crippen molar-refractivity contribution in [3.8, 4) is 5.75 Å². The van der Waals surface area contributed by atoms with Crippen molar-refractivity contribution in [2.45, 2.75) is 19.8 Å². The maximum Gasteiger partial charge on any atom is 0.246 e. The predicted molar refractivity (Wildman–Crippen MR) is 85.5 cm³/mol. The van der Waals surface area contributed by atoms with Crippen molar-refractivity contribution in [2.24, 2.45) is 0 Å². The number of likely N-dealkylation sites (tertiary alicyclic amines) is 1. The molecule has 1 aliphatic rings. The summed E-state index contributed by atoms with van der Waals surface area (Å²) in [4.78, 5) is 40.5. The Morgan fingerprint density at radius 1 is 1.35 bits per heavy atom. The fourth-order valence-electron chi connectivity index (χ4n) is 2.43. The molecule has 0 radical (unpaired) electrons. The van der Waals surface area contributed by atoms with Crippen LogP contribution in [0.5, 0.6) is 5.75 Å². The first-order valence-electron chi connectivity index (χ1n) is 7.06. The number of rotatable bonds is 4. The van der Waals surface area contributed by atoms with Crippen LogP contribution >= 0.6 is 11.3 Å². The minimum Gasteiger partial charge on any atom is -0.494 e. The summed E-state index contributed by atoms with van der Waals surface area (Å²) in [7, 11) is 1.56. The molecule has 1 fully saturated rings. The third-order valence-electron chi connectivity index (χ3n) is 3.63. The molecular formula is C15H15N3O4S. The summed E-state index contributed by atoms with van der Waals surface area (Å²) in [5.41, 5.74) is 1.71. The topological polar surface area (TPSA) is 88.6 Å². The molecule has 1 aromatic carbocycles. The molecule has 0 saturated carbocycles. The molecule has 8 heteroatoms. The number of benzene rings is 1. The molecular weight excluding hydrogens is 318 g/mol. The Balaban J connectivity index is 1.79. The van der Waals surface area contributed by atoms with E-state index in [9.17, 15) is 14.4 Å². The summed E-state index contributed by atoms with van der Waals surface area (Å²) in [5.74, 6) is -0.435. The van der Waals surface area contributed by atoms with Gasteiger partial charge < -0.3 is 10.1 Å². The second-order valence-electron chi connectivity index (χ2n) is 5.20. The van der Waals surface area contributed by atoms with Gasteiger partial charge in [-0.25, -0.2) is 4.98 Å². The molecule has 7 nitrogen and oxygen atoms in total. The highest BCUT2D eigenvalue weighted by atomic mass is 32.1. The molecule has 3 amide bonds. The van der Waals surface area contributed by atoms with Crippen molar-refractivity contribution >= 4 is 44.4 Å². The Kier molecular flexibility index (Phi) is 3.99. The molecule has 3 rings (SSSR count). The van der Waals surface area contributed by atoms with E-state index in [0.29, 0.717) is 16.4 Å². The van der Waals surface area contributed by atoms with E-state index in [0.717, 1.165) is 15.2 Å². The molecule has 23 heavy (non-hydrogen) atoms. The van der Waals surface area contributed by atoms with Crippen LogP contribution in [0.2, 0.25) is 0 Å². The van der Waals surface area contributed by atoms with E-state index in [-0.39, 0.29) is 31.2 Å². The molecule has 1 aliphatic heterocycles. The highest BCUT2D eigenvalue weighted by Crippen LogP contribution is 2.34. The van der Waals surface area contributed by atoms with Crippen LogP contribution in [0.4, 0.5) is 5.13 Å². The van der Waals surface area contributed by atoms with Crippen LogP contribution in [0.25, 0.3) is 10.2 Å². The summed E-state index contributed by atoms with van der Waals surface area (Å²) in [5, 5.41) is 3.06. The predicted octanol–water partition coefficient (Wildman–Crippen LogP) is 1.70. The Morgan fingerprint density at radius 3 is 2.70 bits per heavy atom. The van der Waals surface area contributed by atoms with Crippen molar-refractivity contribution in [3.05, 3.63) is 17.7 Å². The smallest absolute Gasteiger partial charge is 0.246 e. The lowest BCUT2D eigenvalue weighted by Gasteiger charge is -2.12. The van der Waals surface area contributed by atoms with Gasteiger partial charge in [-0.3, -0.25) is 19.3 Å². The Morgan fingerprint density at radius 2 is 2.04 bits per heavy atom. The summed E-state index contributed by atoms with van der Waals surface area (Å²) in [6.45, 7) is 1.68. The summed E-state index contributed by atoms with van der Waals surface area (Å²) in [6, 6.07) is 3.75. The highest BCUT2D eigenvalue weighted by Gasteiger charge is 2.30. The first-order chi connectivity index (χ1) is 11.0. The van der Waals surface area contributed by atoms with Gasteiger partial charge in [0.15, 0.2) is 5.13 Å². The van der Waals surface area contributed by atoms with Crippen LogP contribution in [0.15, 0.2) is 12.1 Å². The number of aryl methyl sites for hydroxylation is 1. The number of nitrogens with zero attached hydrogens (tertiary/aromatic N) is 2. The number of carbonyl (C=O) groups excluding carboxylic acids is 3. The van der Waals surface area contributed by atoms with Crippen molar-refractivity contribution in [2.75, 3.05) is 19.0 Å². The number of amides is 3. The van der Waals surface area contributed by atoms with Crippen LogP contribution in [-0.4, -0.2) is 41.3 Å².